The molecule has 0 radical (unpaired) electrons. The van der Waals surface area contributed by atoms with Gasteiger partial charge in [-0.3, -0.25) is 4.79 Å². The maximum Gasteiger partial charge on any atom is 0.255 e. The smallest absolute Gasteiger partial charge is 0.255 e. The van der Waals surface area contributed by atoms with Crippen LogP contribution in [0, 0.1) is 12.7 Å². The fraction of sp³-hybridized carbons (Fsp3) is 0.185. The van der Waals surface area contributed by atoms with Crippen molar-refractivity contribution in [3.8, 4) is 11.3 Å². The van der Waals surface area contributed by atoms with Crippen molar-refractivity contribution >= 4 is 45.7 Å². The van der Waals surface area contributed by atoms with E-state index in [1.54, 1.807) is 24.3 Å². The lowest BCUT2D eigenvalue weighted by Gasteiger charge is -2.36. The first kappa shape index (κ1) is 22.6. The quantitative estimate of drug-likeness (QED) is 0.321. The minimum absolute atomic E-state index is 0.0596. The number of benzene rings is 3. The minimum Gasteiger partial charge on any atom is -0.366 e. The summed E-state index contributed by atoms with van der Waals surface area (Å²) < 4.78 is 14.2. The average Bonchev–Trinajstić information content (AvgIpc) is 2.84. The second-order valence-electron chi connectivity index (χ2n) is 8.33. The standard InChI is InChI=1S/C27H22Cl2FN3O/c1-17-25(27(34)33-14-12-32(13-15-33)24-9-5-3-7-22(24)30)20-6-2-4-8-23(20)31-26(17)19-11-10-18(28)16-21(19)29/h2-11,16H,12-15H2,1H3. The first-order valence-electron chi connectivity index (χ1n) is 11.1. The second kappa shape index (κ2) is 9.24. The fourth-order valence-corrected chi connectivity index (χ4v) is 5.04. The Bertz CT molecular complexity index is 1400. The lowest BCUT2D eigenvalue weighted by molar-refractivity contribution is 0.0748. The molecule has 0 N–H and O–H groups in total. The van der Waals surface area contributed by atoms with E-state index in [0.29, 0.717) is 53.2 Å². The summed E-state index contributed by atoms with van der Waals surface area (Å²) in [5.74, 6) is -0.307. The van der Waals surface area contributed by atoms with E-state index in [-0.39, 0.29) is 11.7 Å². The van der Waals surface area contributed by atoms with Crippen LogP contribution >= 0.6 is 23.2 Å². The molecule has 1 aliphatic heterocycles. The molecule has 0 saturated carbocycles. The molecule has 2 heterocycles. The molecule has 0 bridgehead atoms. The van der Waals surface area contributed by atoms with Crippen molar-refractivity contribution in [3.05, 3.63) is 93.7 Å². The molecule has 34 heavy (non-hydrogen) atoms. The van der Waals surface area contributed by atoms with Crippen molar-refractivity contribution in [1.82, 2.24) is 9.88 Å². The number of rotatable bonds is 3. The number of nitrogens with zero attached hydrogens (tertiary/aromatic N) is 3. The summed E-state index contributed by atoms with van der Waals surface area (Å²) in [5.41, 5.74) is 4.07. The van der Waals surface area contributed by atoms with Gasteiger partial charge >= 0.3 is 0 Å². The number of pyridine rings is 1. The SMILES string of the molecule is Cc1c(-c2ccc(Cl)cc2Cl)nc2ccccc2c1C(=O)N1CCN(c2ccccc2F)CC1. The number of para-hydroxylation sites is 2. The maximum absolute atomic E-state index is 14.2. The molecule has 5 rings (SSSR count). The number of fused-ring (bicyclic) bond motifs is 1. The molecule has 4 aromatic rings. The predicted octanol–water partition coefficient (Wildman–Crippen LogP) is 6.62. The number of hydrogen-bond donors (Lipinski definition) is 0. The van der Waals surface area contributed by atoms with E-state index < -0.39 is 0 Å². The van der Waals surface area contributed by atoms with Crippen LogP contribution in [0.25, 0.3) is 22.2 Å². The number of carbonyl (C=O) groups excluding carboxylic acids is 1. The monoisotopic (exact) mass is 493 g/mol. The molecule has 4 nitrogen and oxygen atoms in total. The highest BCUT2D eigenvalue weighted by molar-refractivity contribution is 6.36. The first-order valence-corrected chi connectivity index (χ1v) is 11.8. The first-order chi connectivity index (χ1) is 16.4. The highest BCUT2D eigenvalue weighted by Crippen LogP contribution is 2.35. The van der Waals surface area contributed by atoms with E-state index >= 15 is 0 Å². The van der Waals surface area contributed by atoms with Crippen molar-refractivity contribution in [2.24, 2.45) is 0 Å². The normalized spacial score (nSPS) is 14.0. The van der Waals surface area contributed by atoms with Crippen molar-refractivity contribution in [2.45, 2.75) is 6.92 Å². The largest absolute Gasteiger partial charge is 0.366 e. The van der Waals surface area contributed by atoms with Gasteiger partial charge in [0, 0.05) is 42.2 Å². The summed E-state index contributed by atoms with van der Waals surface area (Å²) in [6.07, 6.45) is 0. The second-order valence-corrected chi connectivity index (χ2v) is 9.18. The van der Waals surface area contributed by atoms with Gasteiger partial charge in [-0.15, -0.1) is 0 Å². The van der Waals surface area contributed by atoms with Crippen LogP contribution in [-0.2, 0) is 0 Å². The molecular formula is C27H22Cl2FN3O. The summed E-state index contributed by atoms with van der Waals surface area (Å²) >= 11 is 12.6. The van der Waals surface area contributed by atoms with Crippen LogP contribution in [0.15, 0.2) is 66.7 Å². The number of aromatic nitrogens is 1. The van der Waals surface area contributed by atoms with Gasteiger partial charge in [0.2, 0.25) is 0 Å². The summed E-state index contributed by atoms with van der Waals surface area (Å²) in [5, 5.41) is 1.82. The summed E-state index contributed by atoms with van der Waals surface area (Å²) in [4.78, 5) is 22.5. The van der Waals surface area contributed by atoms with Gasteiger partial charge in [-0.25, -0.2) is 9.37 Å². The lowest BCUT2D eigenvalue weighted by atomic mass is 9.96. The van der Waals surface area contributed by atoms with E-state index in [9.17, 15) is 9.18 Å². The third-order valence-corrected chi connectivity index (χ3v) is 6.84. The Morgan fingerprint density at radius 2 is 1.65 bits per heavy atom. The van der Waals surface area contributed by atoms with Gasteiger partial charge in [0.15, 0.2) is 0 Å². The van der Waals surface area contributed by atoms with Crippen LogP contribution in [0.2, 0.25) is 10.0 Å². The number of halogens is 3. The number of piperazine rings is 1. The van der Waals surface area contributed by atoms with Crippen LogP contribution in [-0.4, -0.2) is 42.0 Å². The Balaban J connectivity index is 1.51. The Morgan fingerprint density at radius 1 is 0.941 bits per heavy atom. The molecule has 7 heteroatoms. The lowest BCUT2D eigenvalue weighted by Crippen LogP contribution is -2.49. The van der Waals surface area contributed by atoms with E-state index in [0.717, 1.165) is 22.0 Å². The van der Waals surface area contributed by atoms with Crippen molar-refractivity contribution in [3.63, 3.8) is 0 Å². The number of amides is 1. The topological polar surface area (TPSA) is 36.4 Å². The van der Waals surface area contributed by atoms with E-state index in [1.165, 1.54) is 6.07 Å². The molecule has 1 saturated heterocycles. The van der Waals surface area contributed by atoms with Crippen molar-refractivity contribution in [1.29, 1.82) is 0 Å². The molecule has 1 aromatic heterocycles. The Kier molecular flexibility index (Phi) is 6.15. The summed E-state index contributed by atoms with van der Waals surface area (Å²) in [6.45, 7) is 4.03. The molecule has 3 aromatic carbocycles. The van der Waals surface area contributed by atoms with Gasteiger partial charge in [-0.2, -0.15) is 0 Å². The molecule has 0 unspecified atom stereocenters. The van der Waals surface area contributed by atoms with Gasteiger partial charge in [0.25, 0.3) is 5.91 Å². The van der Waals surface area contributed by atoms with Crippen LogP contribution in [0.1, 0.15) is 15.9 Å². The van der Waals surface area contributed by atoms with Crippen LogP contribution in [0.4, 0.5) is 10.1 Å². The van der Waals surface area contributed by atoms with E-state index in [2.05, 4.69) is 0 Å². The maximum atomic E-state index is 14.2. The fourth-order valence-electron chi connectivity index (χ4n) is 4.54. The molecule has 1 aliphatic rings. The molecule has 1 fully saturated rings. The third-order valence-electron chi connectivity index (χ3n) is 6.30. The molecule has 172 valence electrons. The Labute approximate surface area is 207 Å². The Hall–Kier alpha value is -3.15. The van der Waals surface area contributed by atoms with Gasteiger partial charge < -0.3 is 9.80 Å². The zero-order valence-electron chi connectivity index (χ0n) is 18.6. The highest BCUT2D eigenvalue weighted by Gasteiger charge is 2.27. The van der Waals surface area contributed by atoms with Gasteiger partial charge in [0.1, 0.15) is 5.82 Å². The van der Waals surface area contributed by atoms with Crippen LogP contribution < -0.4 is 4.90 Å². The minimum atomic E-state index is -0.247. The number of carbonyl (C=O) groups is 1. The van der Waals surface area contributed by atoms with Gasteiger partial charge in [-0.05, 0) is 48.9 Å². The molecule has 0 aliphatic carbocycles. The zero-order valence-corrected chi connectivity index (χ0v) is 20.1. The molecular weight excluding hydrogens is 472 g/mol. The highest BCUT2D eigenvalue weighted by atomic mass is 35.5. The van der Waals surface area contributed by atoms with Gasteiger partial charge in [-0.1, -0.05) is 53.5 Å². The predicted molar refractivity (Wildman–Crippen MR) is 136 cm³/mol. The third kappa shape index (κ3) is 4.10. The van der Waals surface area contributed by atoms with Crippen LogP contribution in [0.5, 0.6) is 0 Å². The zero-order chi connectivity index (χ0) is 23.8. The Morgan fingerprint density at radius 3 is 2.38 bits per heavy atom. The molecule has 0 atom stereocenters. The number of hydrogen-bond acceptors (Lipinski definition) is 3. The van der Waals surface area contributed by atoms with E-state index in [4.69, 9.17) is 28.2 Å². The number of anilines is 1. The van der Waals surface area contributed by atoms with E-state index in [1.807, 2.05) is 53.1 Å². The van der Waals surface area contributed by atoms with Gasteiger partial charge in [0.05, 0.1) is 27.5 Å². The molecule has 1 amide bonds. The average molecular weight is 494 g/mol. The molecule has 0 spiro atoms. The van der Waals surface area contributed by atoms with Crippen molar-refractivity contribution < 1.29 is 9.18 Å². The summed E-state index contributed by atoms with van der Waals surface area (Å²) in [6, 6.07) is 19.6. The van der Waals surface area contributed by atoms with Crippen molar-refractivity contribution in [2.75, 3.05) is 31.1 Å². The summed E-state index contributed by atoms with van der Waals surface area (Å²) in [7, 11) is 0. The van der Waals surface area contributed by atoms with Crippen LogP contribution in [0.3, 0.4) is 0 Å².